The number of hydrogen-bond donors (Lipinski definition) is 1. The fraction of sp³-hybridized carbons (Fsp3) is 0.474. The maximum Gasteiger partial charge on any atom is 0.275 e. The van der Waals surface area contributed by atoms with E-state index in [-0.39, 0.29) is 5.91 Å². The number of amidine groups is 1. The van der Waals surface area contributed by atoms with Gasteiger partial charge >= 0.3 is 0 Å². The smallest absolute Gasteiger partial charge is 0.275 e. The number of aryl methyl sites for hydroxylation is 1. The Morgan fingerprint density at radius 3 is 2.78 bits per heavy atom. The molecule has 0 aromatic heterocycles. The lowest BCUT2D eigenvalue weighted by Gasteiger charge is -2.20. The summed E-state index contributed by atoms with van der Waals surface area (Å²) in [7, 11) is 1.68. The van der Waals surface area contributed by atoms with Crippen molar-refractivity contribution in [3.05, 3.63) is 35.0 Å². The minimum absolute atomic E-state index is 0.0839. The van der Waals surface area contributed by atoms with Crippen LogP contribution in [0.2, 0.25) is 0 Å². The summed E-state index contributed by atoms with van der Waals surface area (Å²) in [4.78, 5) is 16.8. The van der Waals surface area contributed by atoms with Gasteiger partial charge in [0.15, 0.2) is 0 Å². The maximum absolute atomic E-state index is 12.2. The van der Waals surface area contributed by atoms with E-state index < -0.39 is 0 Å². The molecule has 1 fully saturated rings. The number of benzene rings is 1. The largest absolute Gasteiger partial charge is 0.496 e. The minimum Gasteiger partial charge on any atom is -0.496 e. The predicted octanol–water partition coefficient (Wildman–Crippen LogP) is 3.71. The summed E-state index contributed by atoms with van der Waals surface area (Å²) in [6.45, 7) is 2.09. The van der Waals surface area contributed by atoms with Crippen LogP contribution < -0.4 is 10.1 Å². The van der Waals surface area contributed by atoms with Crippen molar-refractivity contribution in [1.82, 2.24) is 5.32 Å². The highest BCUT2D eigenvalue weighted by molar-refractivity contribution is 6.15. The van der Waals surface area contributed by atoms with E-state index in [0.29, 0.717) is 11.6 Å². The lowest BCUT2D eigenvalue weighted by molar-refractivity contribution is -0.115. The Kier molecular flexibility index (Phi) is 4.79. The maximum atomic E-state index is 12.2. The van der Waals surface area contributed by atoms with Crippen molar-refractivity contribution in [3.63, 3.8) is 0 Å². The van der Waals surface area contributed by atoms with Crippen LogP contribution in [0.3, 0.4) is 0 Å². The zero-order chi connectivity index (χ0) is 16.2. The van der Waals surface area contributed by atoms with Crippen molar-refractivity contribution in [2.45, 2.75) is 45.4 Å². The van der Waals surface area contributed by atoms with Crippen LogP contribution in [0.4, 0.5) is 0 Å². The van der Waals surface area contributed by atoms with Crippen LogP contribution in [0.25, 0.3) is 6.08 Å². The molecule has 4 heteroatoms. The fourth-order valence-corrected chi connectivity index (χ4v) is 3.38. The topological polar surface area (TPSA) is 50.7 Å². The molecule has 1 aromatic carbocycles. The number of ether oxygens (including phenoxy) is 1. The van der Waals surface area contributed by atoms with Gasteiger partial charge < -0.3 is 10.1 Å². The van der Waals surface area contributed by atoms with Crippen LogP contribution in [-0.4, -0.2) is 18.9 Å². The number of rotatable bonds is 4. The molecule has 1 aliphatic heterocycles. The number of carbonyl (C=O) groups excluding carboxylic acids is 1. The Labute approximate surface area is 137 Å². The Morgan fingerprint density at radius 2 is 2.09 bits per heavy atom. The summed E-state index contributed by atoms with van der Waals surface area (Å²) in [5, 5.41) is 2.96. The molecule has 1 amide bonds. The van der Waals surface area contributed by atoms with Crippen LogP contribution >= 0.6 is 0 Å². The third-order valence-electron chi connectivity index (χ3n) is 4.70. The predicted molar refractivity (Wildman–Crippen MR) is 92.5 cm³/mol. The first-order chi connectivity index (χ1) is 11.2. The van der Waals surface area contributed by atoms with E-state index in [4.69, 9.17) is 4.74 Å². The molecule has 1 heterocycles. The Balaban J connectivity index is 1.83. The number of nitrogens with zero attached hydrogens (tertiary/aromatic N) is 1. The summed E-state index contributed by atoms with van der Waals surface area (Å²) < 4.78 is 5.35. The van der Waals surface area contributed by atoms with Gasteiger partial charge in [0, 0.05) is 5.92 Å². The zero-order valence-corrected chi connectivity index (χ0v) is 13.9. The molecule has 23 heavy (non-hydrogen) atoms. The van der Waals surface area contributed by atoms with Gasteiger partial charge in [-0.2, -0.15) is 0 Å². The monoisotopic (exact) mass is 312 g/mol. The van der Waals surface area contributed by atoms with Crippen LogP contribution in [-0.2, 0) is 11.2 Å². The van der Waals surface area contributed by atoms with Crippen LogP contribution in [0.5, 0.6) is 5.75 Å². The molecule has 1 N–H and O–H groups in total. The highest BCUT2D eigenvalue weighted by Crippen LogP contribution is 2.27. The van der Waals surface area contributed by atoms with E-state index >= 15 is 0 Å². The molecule has 0 atom stereocenters. The van der Waals surface area contributed by atoms with E-state index in [1.807, 2.05) is 18.2 Å². The molecule has 0 spiro atoms. The second-order valence-corrected chi connectivity index (χ2v) is 6.24. The number of methoxy groups -OCH3 is 1. The van der Waals surface area contributed by atoms with Gasteiger partial charge in [-0.1, -0.05) is 32.3 Å². The third kappa shape index (κ3) is 3.46. The molecule has 0 bridgehead atoms. The molecule has 1 aromatic rings. The second-order valence-electron chi connectivity index (χ2n) is 6.24. The molecule has 1 aliphatic carbocycles. The van der Waals surface area contributed by atoms with Gasteiger partial charge in [0.2, 0.25) is 0 Å². The minimum atomic E-state index is -0.0839. The van der Waals surface area contributed by atoms with Gasteiger partial charge in [-0.05, 0) is 48.6 Å². The molecule has 2 aliphatic rings. The molecule has 3 rings (SSSR count). The molecule has 0 radical (unpaired) electrons. The molecular weight excluding hydrogens is 288 g/mol. The lowest BCUT2D eigenvalue weighted by atomic mass is 9.88. The quantitative estimate of drug-likeness (QED) is 0.862. The average molecular weight is 312 g/mol. The van der Waals surface area contributed by atoms with E-state index in [1.54, 1.807) is 7.11 Å². The summed E-state index contributed by atoms with van der Waals surface area (Å²) in [6, 6.07) is 5.98. The van der Waals surface area contributed by atoms with Gasteiger partial charge in [-0.25, -0.2) is 4.99 Å². The van der Waals surface area contributed by atoms with Crippen molar-refractivity contribution < 1.29 is 9.53 Å². The summed E-state index contributed by atoms with van der Waals surface area (Å²) >= 11 is 0. The molecule has 0 unspecified atom stereocenters. The SMILES string of the molecule is CCc1cc(/C=C2/N=C(C3CCCCC3)NC2=O)ccc1OC. The van der Waals surface area contributed by atoms with Crippen LogP contribution in [0.1, 0.15) is 50.2 Å². The van der Waals surface area contributed by atoms with E-state index in [1.165, 1.54) is 19.3 Å². The van der Waals surface area contributed by atoms with E-state index in [9.17, 15) is 4.79 Å². The molecule has 1 saturated carbocycles. The van der Waals surface area contributed by atoms with Gasteiger partial charge in [-0.3, -0.25) is 4.79 Å². The van der Waals surface area contributed by atoms with Crippen LogP contribution in [0.15, 0.2) is 28.9 Å². The Hall–Kier alpha value is -2.10. The first-order valence-electron chi connectivity index (χ1n) is 8.49. The van der Waals surface area contributed by atoms with Crippen molar-refractivity contribution in [2.24, 2.45) is 10.9 Å². The average Bonchev–Trinajstić information content (AvgIpc) is 2.96. The van der Waals surface area contributed by atoms with Crippen LogP contribution in [0, 0.1) is 5.92 Å². The molecule has 122 valence electrons. The first kappa shape index (κ1) is 15.8. The Bertz CT molecular complexity index is 655. The third-order valence-corrected chi connectivity index (χ3v) is 4.70. The number of carbonyl (C=O) groups is 1. The second kappa shape index (κ2) is 6.99. The number of aliphatic imine (C=N–C) groups is 1. The molecule has 4 nitrogen and oxygen atoms in total. The molecule has 0 saturated heterocycles. The Morgan fingerprint density at radius 1 is 1.30 bits per heavy atom. The molecular formula is C19H24N2O2. The van der Waals surface area contributed by atoms with E-state index in [0.717, 1.165) is 42.0 Å². The fourth-order valence-electron chi connectivity index (χ4n) is 3.38. The zero-order valence-electron chi connectivity index (χ0n) is 13.9. The van der Waals surface area contributed by atoms with E-state index in [2.05, 4.69) is 23.3 Å². The highest BCUT2D eigenvalue weighted by Gasteiger charge is 2.27. The van der Waals surface area contributed by atoms with Crippen molar-refractivity contribution >= 4 is 17.8 Å². The van der Waals surface area contributed by atoms with Gasteiger partial charge in [-0.15, -0.1) is 0 Å². The van der Waals surface area contributed by atoms with Crippen molar-refractivity contribution in [2.75, 3.05) is 7.11 Å². The van der Waals surface area contributed by atoms with Crippen molar-refractivity contribution in [3.8, 4) is 5.75 Å². The summed E-state index contributed by atoms with van der Waals surface area (Å²) in [5.41, 5.74) is 2.64. The first-order valence-corrected chi connectivity index (χ1v) is 8.49. The van der Waals surface area contributed by atoms with Crippen molar-refractivity contribution in [1.29, 1.82) is 0 Å². The summed E-state index contributed by atoms with van der Waals surface area (Å²) in [5.74, 6) is 2.09. The highest BCUT2D eigenvalue weighted by atomic mass is 16.5. The summed E-state index contributed by atoms with van der Waals surface area (Å²) in [6.07, 6.45) is 8.79. The van der Waals surface area contributed by atoms with Gasteiger partial charge in [0.05, 0.1) is 7.11 Å². The number of hydrogen-bond acceptors (Lipinski definition) is 3. The normalized spacial score (nSPS) is 20.5. The lowest BCUT2D eigenvalue weighted by Crippen LogP contribution is -2.31. The number of amides is 1. The van der Waals surface area contributed by atoms with Gasteiger partial charge in [0.25, 0.3) is 5.91 Å². The number of nitrogens with one attached hydrogen (secondary N) is 1. The van der Waals surface area contributed by atoms with Gasteiger partial charge in [0.1, 0.15) is 17.3 Å². The standard InChI is InChI=1S/C19H24N2O2/c1-3-14-11-13(9-10-17(14)23-2)12-16-19(22)21-18(20-16)15-7-5-4-6-8-15/h9-12,15H,3-8H2,1-2H3,(H,20,21,22)/b16-12+.